The highest BCUT2D eigenvalue weighted by Gasteiger charge is 2.41. The van der Waals surface area contributed by atoms with Gasteiger partial charge in [-0.15, -0.1) is 0 Å². The molecule has 0 aliphatic carbocycles. The van der Waals surface area contributed by atoms with Crippen LogP contribution in [0.4, 0.5) is 9.59 Å². The van der Waals surface area contributed by atoms with Gasteiger partial charge in [0.05, 0.1) is 12.0 Å². The summed E-state index contributed by atoms with van der Waals surface area (Å²) < 4.78 is 28.3. The van der Waals surface area contributed by atoms with E-state index in [4.69, 9.17) is 28.8 Å². The van der Waals surface area contributed by atoms with Crippen LogP contribution in [0, 0.1) is 0 Å². The monoisotopic (exact) mass is 1010 g/mol. The number of hydrogen-bond acceptors (Lipinski definition) is 12. The number of ether oxygens (including phenoxy) is 5. The maximum Gasteiger partial charge on any atom is 0.410 e. The summed E-state index contributed by atoms with van der Waals surface area (Å²) in [5.74, 6) is -2.57. The summed E-state index contributed by atoms with van der Waals surface area (Å²) >= 11 is 0. The van der Waals surface area contributed by atoms with E-state index in [1.165, 1.54) is 44.9 Å². The molecule has 1 heterocycles. The fourth-order valence-electron chi connectivity index (χ4n) is 7.41. The summed E-state index contributed by atoms with van der Waals surface area (Å²) in [6.45, 7) is 23.8. The minimum atomic E-state index is -1.05. The first kappa shape index (κ1) is 64.8. The van der Waals surface area contributed by atoms with Crippen LogP contribution >= 0.6 is 0 Å². The SMILES string of the molecule is CC(C)(C)OC(=O)[C@H](CCC(=O)NCCCN(CCCCN(CCCNC(=O)CCC(=O)O)C(=O)OC(C)(C)C)C(=O)OC(C)(C)C)NC(=O)CCCCCCCCCCCCCC1OC1OC(C)(C)C. The Morgan fingerprint density at radius 3 is 1.35 bits per heavy atom. The zero-order valence-corrected chi connectivity index (χ0v) is 46.1. The third-order valence-electron chi connectivity index (χ3n) is 10.9. The first-order valence-corrected chi connectivity index (χ1v) is 26.6. The Bertz CT molecular complexity index is 1600. The summed E-state index contributed by atoms with van der Waals surface area (Å²) in [6, 6.07) is -0.973. The number of epoxide rings is 1. The van der Waals surface area contributed by atoms with E-state index < -0.39 is 47.0 Å². The van der Waals surface area contributed by atoms with E-state index >= 15 is 0 Å². The van der Waals surface area contributed by atoms with Gasteiger partial charge in [-0.1, -0.05) is 64.2 Å². The Labute approximate surface area is 426 Å². The van der Waals surface area contributed by atoms with Crippen LogP contribution < -0.4 is 16.0 Å². The van der Waals surface area contributed by atoms with Crippen LogP contribution in [0.5, 0.6) is 0 Å². The highest BCUT2D eigenvalue weighted by Crippen LogP contribution is 2.32. The van der Waals surface area contributed by atoms with Crippen LogP contribution in [0.2, 0.25) is 0 Å². The summed E-state index contributed by atoms with van der Waals surface area (Å²) in [5, 5.41) is 17.2. The number of hydrogen-bond donors (Lipinski definition) is 4. The second-order valence-corrected chi connectivity index (χ2v) is 22.8. The maximum absolute atomic E-state index is 13.2. The molecular formula is C53H97N5O13. The number of carboxylic acids is 1. The summed E-state index contributed by atoms with van der Waals surface area (Å²) in [6.07, 6.45) is 14.6. The van der Waals surface area contributed by atoms with Crippen LogP contribution in [0.15, 0.2) is 0 Å². The van der Waals surface area contributed by atoms with Gasteiger partial charge in [-0.2, -0.15) is 0 Å². The van der Waals surface area contributed by atoms with E-state index in [9.17, 15) is 33.6 Å². The fourth-order valence-corrected chi connectivity index (χ4v) is 7.41. The Hall–Kier alpha value is -4.19. The standard InChI is InChI=1S/C53H97N5O13/c1-50(2,3)68-46(64)40(56-44(61)29-23-21-19-17-15-13-14-16-18-20-22-28-41-47(67-41)69-51(4,5)6)30-31-42(59)54-34-26-38-57(48(65)70-52(7,8)9)36-24-25-37-58(49(66)71-53(10,11)12)39-27-35-55-43(60)32-33-45(62)63/h40-41,47H,13-39H2,1-12H3,(H,54,59)(H,55,60)(H,56,61)(H,62,63)/t40-,41?,47?/m0/s1. The molecule has 0 bridgehead atoms. The van der Waals surface area contributed by atoms with Gasteiger partial charge in [-0.05, 0) is 128 Å². The second kappa shape index (κ2) is 33.5. The van der Waals surface area contributed by atoms with Crippen molar-refractivity contribution in [3.8, 4) is 0 Å². The minimum absolute atomic E-state index is 0.0197. The zero-order valence-electron chi connectivity index (χ0n) is 46.1. The third-order valence-corrected chi connectivity index (χ3v) is 10.9. The van der Waals surface area contributed by atoms with Gasteiger partial charge < -0.3 is 54.5 Å². The summed E-state index contributed by atoms with van der Waals surface area (Å²) in [5.41, 5.74) is -2.40. The molecule has 1 saturated heterocycles. The average molecular weight is 1010 g/mol. The molecular weight excluding hydrogens is 915 g/mol. The minimum Gasteiger partial charge on any atom is -0.481 e. The van der Waals surface area contributed by atoms with Gasteiger partial charge in [0.1, 0.15) is 28.9 Å². The van der Waals surface area contributed by atoms with E-state index in [2.05, 4.69) is 36.7 Å². The number of rotatable bonds is 36. The molecule has 0 aromatic rings. The van der Waals surface area contributed by atoms with Crippen LogP contribution in [0.1, 0.15) is 218 Å². The Kier molecular flexibility index (Phi) is 30.6. The number of nitrogens with one attached hydrogen (secondary N) is 3. The average Bonchev–Trinajstić information content (AvgIpc) is 3.96. The summed E-state index contributed by atoms with van der Waals surface area (Å²) in [7, 11) is 0. The van der Waals surface area contributed by atoms with E-state index in [0.29, 0.717) is 51.7 Å². The van der Waals surface area contributed by atoms with Crippen molar-refractivity contribution in [1.29, 1.82) is 0 Å². The molecule has 1 aliphatic rings. The van der Waals surface area contributed by atoms with E-state index in [1.54, 1.807) is 72.1 Å². The van der Waals surface area contributed by atoms with Gasteiger partial charge in [0.2, 0.25) is 17.7 Å². The Morgan fingerprint density at radius 2 is 0.915 bits per heavy atom. The van der Waals surface area contributed by atoms with Gasteiger partial charge in [0, 0.05) is 58.5 Å². The van der Waals surface area contributed by atoms with Gasteiger partial charge in [0.15, 0.2) is 6.29 Å². The molecule has 0 aromatic carbocycles. The van der Waals surface area contributed by atoms with Gasteiger partial charge in [0.25, 0.3) is 0 Å². The lowest BCUT2D eigenvalue weighted by Crippen LogP contribution is -2.44. The number of carbonyl (C=O) groups is 7. The quantitative estimate of drug-likeness (QED) is 0.0199. The van der Waals surface area contributed by atoms with Crippen molar-refractivity contribution in [2.24, 2.45) is 0 Å². The highest BCUT2D eigenvalue weighted by molar-refractivity contribution is 5.85. The van der Waals surface area contributed by atoms with Crippen molar-refractivity contribution in [2.75, 3.05) is 39.3 Å². The Balaban J connectivity index is 2.53. The molecule has 4 N–H and O–H groups in total. The Morgan fingerprint density at radius 1 is 0.493 bits per heavy atom. The molecule has 5 amide bonds. The molecule has 1 fully saturated rings. The van der Waals surface area contributed by atoms with Crippen LogP contribution in [0.3, 0.4) is 0 Å². The van der Waals surface area contributed by atoms with Crippen molar-refractivity contribution < 1.29 is 62.4 Å². The third kappa shape index (κ3) is 37.3. The number of esters is 1. The molecule has 2 unspecified atom stereocenters. The predicted molar refractivity (Wildman–Crippen MR) is 274 cm³/mol. The maximum atomic E-state index is 13.2. The van der Waals surface area contributed by atoms with Crippen LogP contribution in [-0.4, -0.2) is 137 Å². The molecule has 0 spiro atoms. The number of nitrogens with zero attached hydrogens (tertiary/aromatic N) is 2. The number of unbranched alkanes of at least 4 members (excludes halogenated alkanes) is 11. The second-order valence-electron chi connectivity index (χ2n) is 22.8. The lowest BCUT2D eigenvalue weighted by molar-refractivity contribution is -0.159. The van der Waals surface area contributed by atoms with Crippen molar-refractivity contribution in [3.05, 3.63) is 0 Å². The number of carbonyl (C=O) groups excluding carboxylic acids is 6. The molecule has 412 valence electrons. The lowest BCUT2D eigenvalue weighted by atomic mass is 10.0. The molecule has 1 aliphatic heterocycles. The van der Waals surface area contributed by atoms with Gasteiger partial charge in [-0.25, -0.2) is 14.4 Å². The van der Waals surface area contributed by atoms with Crippen LogP contribution in [0.25, 0.3) is 0 Å². The van der Waals surface area contributed by atoms with Crippen molar-refractivity contribution >= 4 is 41.8 Å². The van der Waals surface area contributed by atoms with E-state index in [0.717, 1.165) is 25.7 Å². The molecule has 1 rings (SSSR count). The van der Waals surface area contributed by atoms with Crippen molar-refractivity contribution in [1.82, 2.24) is 25.8 Å². The van der Waals surface area contributed by atoms with Gasteiger partial charge in [-0.3, -0.25) is 19.2 Å². The van der Waals surface area contributed by atoms with Crippen LogP contribution in [-0.2, 0) is 47.7 Å². The molecule has 3 atom stereocenters. The first-order chi connectivity index (χ1) is 33.0. The smallest absolute Gasteiger partial charge is 0.410 e. The number of aliphatic carboxylic acids is 1. The predicted octanol–water partition coefficient (Wildman–Crippen LogP) is 9.34. The topological polar surface area (TPSA) is 232 Å². The number of amides is 5. The lowest BCUT2D eigenvalue weighted by Gasteiger charge is -2.29. The van der Waals surface area contributed by atoms with Crippen molar-refractivity contribution in [3.63, 3.8) is 0 Å². The molecule has 0 radical (unpaired) electrons. The van der Waals surface area contributed by atoms with E-state index in [-0.39, 0.29) is 87.5 Å². The largest absolute Gasteiger partial charge is 0.481 e. The molecule has 0 saturated carbocycles. The highest BCUT2D eigenvalue weighted by atomic mass is 16.8. The zero-order chi connectivity index (χ0) is 53.7. The van der Waals surface area contributed by atoms with Gasteiger partial charge >= 0.3 is 24.1 Å². The molecule has 18 heteroatoms. The fraction of sp³-hybridized carbons (Fsp3) is 0.868. The number of carboxylic acid groups (broad SMARTS) is 1. The van der Waals surface area contributed by atoms with E-state index in [1.807, 2.05) is 0 Å². The summed E-state index contributed by atoms with van der Waals surface area (Å²) in [4.78, 5) is 91.2. The molecule has 71 heavy (non-hydrogen) atoms. The van der Waals surface area contributed by atoms with Crippen molar-refractivity contribution in [2.45, 2.75) is 259 Å². The molecule has 0 aromatic heterocycles. The normalized spacial score (nSPS) is 15.3. The molecule has 18 nitrogen and oxygen atoms in total. The first-order valence-electron chi connectivity index (χ1n) is 26.6.